The van der Waals surface area contributed by atoms with Crippen LogP contribution in [-0.2, 0) is 17.9 Å². The van der Waals surface area contributed by atoms with Crippen molar-refractivity contribution in [2.45, 2.75) is 25.9 Å². The number of carbonyl (C=O) groups excluding carboxylic acids is 1. The fourth-order valence-corrected chi connectivity index (χ4v) is 3.56. The number of benzene rings is 1. The summed E-state index contributed by atoms with van der Waals surface area (Å²) in [6.07, 6.45) is 3.50. The number of carbonyl (C=O) groups is 1. The molecule has 0 atom stereocenters. The zero-order valence-corrected chi connectivity index (χ0v) is 12.6. The Hall–Kier alpha value is -1.82. The fourth-order valence-electron chi connectivity index (χ4n) is 2.93. The Balaban J connectivity index is 1.60. The first-order valence-corrected chi connectivity index (χ1v) is 8.09. The predicted molar refractivity (Wildman–Crippen MR) is 77.9 cm³/mol. The average molecular weight is 320 g/mol. The minimum Gasteiger partial charge on any atom is -0.331 e. The molecule has 2 fully saturated rings. The maximum atomic E-state index is 13.9. The van der Waals surface area contributed by atoms with Gasteiger partial charge < -0.3 is 4.90 Å². The first kappa shape index (κ1) is 13.8. The van der Waals surface area contributed by atoms with Crippen molar-refractivity contribution in [2.75, 3.05) is 0 Å². The lowest BCUT2D eigenvalue weighted by Gasteiger charge is -2.24. The van der Waals surface area contributed by atoms with Gasteiger partial charge in [-0.25, -0.2) is 13.8 Å². The summed E-state index contributed by atoms with van der Waals surface area (Å²) >= 11 is 1.44. The van der Waals surface area contributed by atoms with Gasteiger partial charge in [0.15, 0.2) is 0 Å². The van der Waals surface area contributed by atoms with Crippen LogP contribution in [0.15, 0.2) is 29.8 Å². The highest BCUT2D eigenvalue weighted by molar-refractivity contribution is 7.09. The Morgan fingerprint density at radius 2 is 2.00 bits per heavy atom. The third-order valence-electron chi connectivity index (χ3n) is 4.62. The highest BCUT2D eigenvalue weighted by atomic mass is 32.1. The molecule has 0 spiro atoms. The quantitative estimate of drug-likeness (QED) is 0.846. The molecule has 0 N–H and O–H groups in total. The van der Waals surface area contributed by atoms with E-state index in [4.69, 9.17) is 0 Å². The molecule has 22 heavy (non-hydrogen) atoms. The van der Waals surface area contributed by atoms with Gasteiger partial charge in [-0.1, -0.05) is 6.07 Å². The van der Waals surface area contributed by atoms with Gasteiger partial charge in [-0.15, -0.1) is 11.3 Å². The molecule has 2 aromatic rings. The van der Waals surface area contributed by atoms with Crippen molar-refractivity contribution < 1.29 is 13.6 Å². The number of amides is 1. The number of aromatic nitrogens is 1. The molecule has 1 amide bonds. The van der Waals surface area contributed by atoms with E-state index in [1.165, 1.54) is 29.5 Å². The molecule has 4 rings (SSSR count). The Kier molecular flexibility index (Phi) is 3.04. The van der Waals surface area contributed by atoms with E-state index < -0.39 is 11.6 Å². The summed E-state index contributed by atoms with van der Waals surface area (Å²) in [6, 6.07) is 3.78. The van der Waals surface area contributed by atoms with Crippen molar-refractivity contribution in [3.05, 3.63) is 52.0 Å². The molecule has 1 heterocycles. The van der Waals surface area contributed by atoms with Gasteiger partial charge in [-0.3, -0.25) is 4.79 Å². The van der Waals surface area contributed by atoms with Crippen molar-refractivity contribution in [3.63, 3.8) is 0 Å². The molecule has 3 nitrogen and oxygen atoms in total. The summed E-state index contributed by atoms with van der Waals surface area (Å²) in [6.45, 7) is 0.254. The summed E-state index contributed by atoms with van der Waals surface area (Å²) in [7, 11) is 0. The van der Waals surface area contributed by atoms with Crippen molar-refractivity contribution in [1.82, 2.24) is 9.88 Å². The molecule has 0 bridgehead atoms. The molecule has 1 aromatic carbocycles. The van der Waals surface area contributed by atoms with Gasteiger partial charge in [-0.05, 0) is 30.9 Å². The van der Waals surface area contributed by atoms with Gasteiger partial charge in [0.2, 0.25) is 5.91 Å². The Bertz CT molecular complexity index is 706. The van der Waals surface area contributed by atoms with Gasteiger partial charge in [0, 0.05) is 17.1 Å². The molecular formula is C16H14F2N2OS. The van der Waals surface area contributed by atoms with Gasteiger partial charge in [-0.2, -0.15) is 0 Å². The van der Waals surface area contributed by atoms with Gasteiger partial charge >= 0.3 is 0 Å². The summed E-state index contributed by atoms with van der Waals surface area (Å²) in [5.41, 5.74) is -0.277. The van der Waals surface area contributed by atoms with Crippen molar-refractivity contribution >= 4 is 17.2 Å². The summed E-state index contributed by atoms with van der Waals surface area (Å²) in [4.78, 5) is 18.4. The topological polar surface area (TPSA) is 33.2 Å². The Morgan fingerprint density at radius 1 is 1.32 bits per heavy atom. The van der Waals surface area contributed by atoms with Crippen LogP contribution in [0.4, 0.5) is 8.78 Å². The number of hydrogen-bond donors (Lipinski definition) is 0. The van der Waals surface area contributed by atoms with Crippen LogP contribution in [0.2, 0.25) is 0 Å². The first-order chi connectivity index (χ1) is 10.6. The third kappa shape index (κ3) is 2.22. The van der Waals surface area contributed by atoms with Gasteiger partial charge in [0.05, 0.1) is 18.5 Å². The molecule has 0 saturated heterocycles. The fraction of sp³-hybridized carbons (Fsp3) is 0.375. The molecule has 1 aromatic heterocycles. The monoisotopic (exact) mass is 320 g/mol. The van der Waals surface area contributed by atoms with E-state index in [0.29, 0.717) is 12.5 Å². The van der Waals surface area contributed by atoms with Crippen molar-refractivity contribution in [3.8, 4) is 0 Å². The van der Waals surface area contributed by atoms with E-state index in [1.54, 1.807) is 11.1 Å². The second-order valence-corrected chi connectivity index (χ2v) is 7.03. The molecular weight excluding hydrogens is 306 g/mol. The molecule has 0 radical (unpaired) electrons. The number of rotatable bonds is 5. The van der Waals surface area contributed by atoms with Gasteiger partial charge in [0.25, 0.3) is 0 Å². The normalized spacial score (nSPS) is 24.7. The largest absolute Gasteiger partial charge is 0.331 e. The summed E-state index contributed by atoms with van der Waals surface area (Å²) < 4.78 is 27.8. The number of fused-ring (bicyclic) bond motifs is 1. The summed E-state index contributed by atoms with van der Waals surface area (Å²) in [5, 5.41) is 2.61. The Morgan fingerprint density at radius 3 is 2.55 bits per heavy atom. The van der Waals surface area contributed by atoms with E-state index >= 15 is 0 Å². The van der Waals surface area contributed by atoms with Crippen LogP contribution in [0.3, 0.4) is 0 Å². The van der Waals surface area contributed by atoms with Crippen LogP contribution in [0.1, 0.15) is 23.4 Å². The number of nitrogens with zero attached hydrogens (tertiary/aromatic N) is 2. The maximum absolute atomic E-state index is 13.9. The smallest absolute Gasteiger partial charge is 0.229 e. The second-order valence-electron chi connectivity index (χ2n) is 6.05. The van der Waals surface area contributed by atoms with Crippen LogP contribution in [0, 0.1) is 23.0 Å². The van der Waals surface area contributed by atoms with E-state index in [2.05, 4.69) is 4.98 Å². The molecule has 2 aliphatic carbocycles. The standard InChI is InChI=1S/C16H14F2N2OS/c17-12-2-1-3-13(18)11(12)8-20(9-14-19-4-5-22-14)15(21)16-6-10(16)7-16/h1-5,10H,6-9H2. The van der Waals surface area contributed by atoms with Crippen LogP contribution in [-0.4, -0.2) is 15.8 Å². The molecule has 0 unspecified atom stereocenters. The van der Waals surface area contributed by atoms with E-state index in [1.807, 2.05) is 5.38 Å². The van der Waals surface area contributed by atoms with E-state index in [-0.39, 0.29) is 23.4 Å². The third-order valence-corrected chi connectivity index (χ3v) is 5.38. The average Bonchev–Trinajstić information content (AvgIpc) is 3.29. The second kappa shape index (κ2) is 4.84. The number of halogens is 2. The molecule has 2 aliphatic rings. The van der Waals surface area contributed by atoms with E-state index in [0.717, 1.165) is 17.8 Å². The lowest BCUT2D eigenvalue weighted by molar-refractivity contribution is -0.136. The van der Waals surface area contributed by atoms with Crippen LogP contribution < -0.4 is 0 Å². The van der Waals surface area contributed by atoms with E-state index in [9.17, 15) is 13.6 Å². The maximum Gasteiger partial charge on any atom is 0.229 e. The highest BCUT2D eigenvalue weighted by Gasteiger charge is 2.75. The van der Waals surface area contributed by atoms with Crippen LogP contribution in [0.5, 0.6) is 0 Å². The summed E-state index contributed by atoms with van der Waals surface area (Å²) in [5.74, 6) is -0.727. The number of thiazole rings is 1. The lowest BCUT2D eigenvalue weighted by atomic mass is 10.1. The highest BCUT2D eigenvalue weighted by Crippen LogP contribution is 2.76. The molecule has 0 aliphatic heterocycles. The predicted octanol–water partition coefficient (Wildman–Crippen LogP) is 3.36. The molecule has 6 heteroatoms. The van der Waals surface area contributed by atoms with Crippen LogP contribution in [0.25, 0.3) is 0 Å². The zero-order valence-electron chi connectivity index (χ0n) is 11.8. The zero-order chi connectivity index (χ0) is 15.3. The lowest BCUT2D eigenvalue weighted by Crippen LogP contribution is -2.34. The van der Waals surface area contributed by atoms with Crippen LogP contribution >= 0.6 is 11.3 Å². The SMILES string of the molecule is O=C(N(Cc1nccs1)Cc1c(F)cccc1F)C12CC1C2. The first-order valence-electron chi connectivity index (χ1n) is 7.21. The number of hydrogen-bond acceptors (Lipinski definition) is 3. The minimum atomic E-state index is -0.613. The Labute approximate surface area is 130 Å². The van der Waals surface area contributed by atoms with Crippen molar-refractivity contribution in [1.29, 1.82) is 0 Å². The van der Waals surface area contributed by atoms with Crippen molar-refractivity contribution in [2.24, 2.45) is 11.3 Å². The molecule has 114 valence electrons. The van der Waals surface area contributed by atoms with Gasteiger partial charge in [0.1, 0.15) is 16.6 Å². The minimum absolute atomic E-state index is 0.00959. The molecule has 2 saturated carbocycles.